The van der Waals surface area contributed by atoms with E-state index >= 15 is 0 Å². The number of benzene rings is 3. The van der Waals surface area contributed by atoms with Crippen molar-refractivity contribution in [3.05, 3.63) is 118 Å². The Morgan fingerprint density at radius 3 is 2.59 bits per heavy atom. The Kier molecular flexibility index (Phi) is 8.93. The minimum atomic E-state index is -2.05. The summed E-state index contributed by atoms with van der Waals surface area (Å²) in [6.07, 6.45) is 6.95. The quantitative estimate of drug-likeness (QED) is 0.101. The normalized spacial score (nSPS) is 16.7. The average molecular weight is 597 g/mol. The second-order valence-corrected chi connectivity index (χ2v) is 10.5. The van der Waals surface area contributed by atoms with Gasteiger partial charge in [-0.05, 0) is 42.3 Å². The number of para-hydroxylation sites is 1. The van der Waals surface area contributed by atoms with E-state index in [9.17, 15) is 24.8 Å². The van der Waals surface area contributed by atoms with E-state index in [-0.39, 0.29) is 24.4 Å². The average Bonchev–Trinajstić information content (AvgIpc) is 3.57. The third-order valence-corrected chi connectivity index (χ3v) is 7.70. The van der Waals surface area contributed by atoms with E-state index in [0.717, 1.165) is 0 Å². The van der Waals surface area contributed by atoms with E-state index in [2.05, 4.69) is 10.3 Å². The van der Waals surface area contributed by atoms with Crippen LogP contribution in [0.2, 0.25) is 0 Å². The Morgan fingerprint density at radius 1 is 1.09 bits per heavy atom. The Morgan fingerprint density at radius 2 is 1.86 bits per heavy atom. The maximum Gasteiger partial charge on any atom is 0.269 e. The number of nitro groups is 1. The van der Waals surface area contributed by atoms with E-state index in [0.29, 0.717) is 54.1 Å². The number of hydrogen-bond donors (Lipinski definition) is 2. The number of aryl methyl sites for hydroxylation is 1. The Hall–Kier alpha value is -5.20. The number of fused-ring (bicyclic) bond motifs is 1. The number of carbonyl (C=O) groups excluding carboxylic acids is 2. The molecule has 44 heavy (non-hydrogen) atoms. The molecule has 1 aliphatic heterocycles. The van der Waals surface area contributed by atoms with Crippen molar-refractivity contribution in [3.63, 3.8) is 0 Å². The summed E-state index contributed by atoms with van der Waals surface area (Å²) in [5, 5.41) is 40.7. The maximum atomic E-state index is 14.0. The van der Waals surface area contributed by atoms with E-state index < -0.39 is 22.3 Å². The lowest BCUT2D eigenvalue weighted by Crippen LogP contribution is -2.44. The summed E-state index contributed by atoms with van der Waals surface area (Å²) in [6.45, 7) is 2.24. The van der Waals surface area contributed by atoms with Gasteiger partial charge < -0.3 is 15.1 Å². The van der Waals surface area contributed by atoms with Gasteiger partial charge in [0.25, 0.3) is 11.6 Å². The van der Waals surface area contributed by atoms with Gasteiger partial charge in [0.2, 0.25) is 6.41 Å². The number of rotatable bonds is 13. The number of aliphatic hydroxyl groups excluding tert-OH is 1. The molecule has 5 rings (SSSR count). The second kappa shape index (κ2) is 13.0. The highest BCUT2D eigenvalue weighted by Gasteiger charge is 2.53. The molecule has 12 nitrogen and oxygen atoms in total. The highest BCUT2D eigenvalue weighted by molar-refractivity contribution is 6.07. The van der Waals surface area contributed by atoms with Crippen LogP contribution in [0.25, 0.3) is 0 Å². The van der Waals surface area contributed by atoms with Gasteiger partial charge in [-0.15, -0.1) is 5.10 Å². The molecule has 2 amide bonds. The third kappa shape index (κ3) is 5.98. The lowest BCUT2D eigenvalue weighted by molar-refractivity contribution is -0.385. The first-order valence-corrected chi connectivity index (χ1v) is 14.1. The van der Waals surface area contributed by atoms with Gasteiger partial charge in [0.1, 0.15) is 0 Å². The Bertz CT molecular complexity index is 1690. The number of aliphatic hydroxyl groups is 2. The maximum absolute atomic E-state index is 14.0. The number of anilines is 3. The predicted molar refractivity (Wildman–Crippen MR) is 163 cm³/mol. The lowest BCUT2D eigenvalue weighted by Gasteiger charge is -2.27. The first-order valence-electron chi connectivity index (χ1n) is 14.1. The van der Waals surface area contributed by atoms with Gasteiger partial charge in [-0.25, -0.2) is 0 Å². The molecule has 0 saturated heterocycles. The summed E-state index contributed by atoms with van der Waals surface area (Å²) in [5.41, 5.74) is 0.916. The smallest absolute Gasteiger partial charge is 0.269 e. The summed E-state index contributed by atoms with van der Waals surface area (Å²) in [4.78, 5) is 40.0. The molecule has 0 saturated carbocycles. The fraction of sp³-hybridized carbons (Fsp3) is 0.250. The molecule has 0 fully saturated rings. The molecule has 2 N–H and O–H groups in total. The van der Waals surface area contributed by atoms with Crippen LogP contribution in [-0.2, 0) is 34.7 Å². The van der Waals surface area contributed by atoms with Crippen LogP contribution in [0.5, 0.6) is 0 Å². The molecule has 2 heterocycles. The molecular formula is C32H32N6O6. The molecule has 226 valence electrons. The van der Waals surface area contributed by atoms with Crippen molar-refractivity contribution in [1.82, 2.24) is 15.0 Å². The van der Waals surface area contributed by atoms with Crippen LogP contribution in [0, 0.1) is 16.0 Å². The molecule has 1 aliphatic rings. The number of non-ortho nitro benzene ring substituents is 1. The summed E-state index contributed by atoms with van der Waals surface area (Å²) in [6, 6.07) is 20.3. The fourth-order valence-electron chi connectivity index (χ4n) is 5.38. The van der Waals surface area contributed by atoms with E-state index in [1.807, 2.05) is 42.5 Å². The minimum absolute atomic E-state index is 0.0182. The van der Waals surface area contributed by atoms with Crippen LogP contribution >= 0.6 is 0 Å². The zero-order chi connectivity index (χ0) is 31.3. The molecule has 0 spiro atoms. The minimum Gasteiger partial charge on any atom is -0.396 e. The molecule has 0 radical (unpaired) electrons. The molecule has 2 atom stereocenters. The SMILES string of the molecule is C[C@@H](/C=C/CCn1cc(CCO)nn1)[C@]1(O)C(=O)N(Cc2cccc(N(C=O)c3ccccc3)c2)c2ccc([N+](=O)[O-])cc21. The summed E-state index contributed by atoms with van der Waals surface area (Å²) >= 11 is 0. The number of carbonyl (C=O) groups is 2. The first-order chi connectivity index (χ1) is 21.3. The molecule has 12 heteroatoms. The Balaban J connectivity index is 1.40. The number of hydrogen-bond acceptors (Lipinski definition) is 8. The van der Waals surface area contributed by atoms with Crippen molar-refractivity contribution in [2.45, 2.75) is 38.5 Å². The molecular weight excluding hydrogens is 564 g/mol. The van der Waals surface area contributed by atoms with Crippen LogP contribution in [-0.4, -0.2) is 49.1 Å². The number of amides is 2. The van der Waals surface area contributed by atoms with Crippen LogP contribution in [0.3, 0.4) is 0 Å². The largest absolute Gasteiger partial charge is 0.396 e. The summed E-state index contributed by atoms with van der Waals surface area (Å²) < 4.78 is 1.65. The van der Waals surface area contributed by atoms with Crippen molar-refractivity contribution in [2.24, 2.45) is 5.92 Å². The second-order valence-electron chi connectivity index (χ2n) is 10.5. The van der Waals surface area contributed by atoms with Gasteiger partial charge in [-0.3, -0.25) is 29.3 Å². The van der Waals surface area contributed by atoms with Crippen molar-refractivity contribution < 1.29 is 24.7 Å². The summed E-state index contributed by atoms with van der Waals surface area (Å²) in [7, 11) is 0. The van der Waals surface area contributed by atoms with Gasteiger partial charge in [-0.2, -0.15) is 0 Å². The van der Waals surface area contributed by atoms with Gasteiger partial charge >= 0.3 is 0 Å². The lowest BCUT2D eigenvalue weighted by atomic mass is 9.82. The predicted octanol–water partition coefficient (Wildman–Crippen LogP) is 4.03. The monoisotopic (exact) mass is 596 g/mol. The fourth-order valence-corrected chi connectivity index (χ4v) is 5.38. The molecule has 0 aliphatic carbocycles. The van der Waals surface area contributed by atoms with Crippen LogP contribution in [0.4, 0.5) is 22.7 Å². The number of aromatic nitrogens is 3. The summed E-state index contributed by atoms with van der Waals surface area (Å²) in [5.74, 6) is -1.33. The van der Waals surface area contributed by atoms with Gasteiger partial charge in [0, 0.05) is 60.8 Å². The van der Waals surface area contributed by atoms with Crippen molar-refractivity contribution in [3.8, 4) is 0 Å². The standard InChI is InChI=1S/C32H32N6O6/c1-23(8-5-6-16-35-21-25(15-17-39)33-34-35)32(42)29-19-28(38(43)44)13-14-30(29)36(31(32)41)20-24-9-7-12-27(18-24)37(22-40)26-10-3-2-4-11-26/h2-5,7-14,18-19,21-23,39,42H,6,15-17,20H2,1H3/b8-5+/t23-,32+/m0/s1. The van der Waals surface area contributed by atoms with Crippen molar-refractivity contribution in [1.29, 1.82) is 0 Å². The van der Waals surface area contributed by atoms with Gasteiger partial charge in [0.05, 0.1) is 22.8 Å². The van der Waals surface area contributed by atoms with Crippen molar-refractivity contribution in [2.75, 3.05) is 16.4 Å². The Labute approximate surface area is 253 Å². The van der Waals surface area contributed by atoms with Crippen LogP contribution in [0.1, 0.15) is 30.2 Å². The zero-order valence-electron chi connectivity index (χ0n) is 24.1. The van der Waals surface area contributed by atoms with Crippen molar-refractivity contribution >= 4 is 35.1 Å². The first kappa shape index (κ1) is 30.3. The van der Waals surface area contributed by atoms with Crippen LogP contribution < -0.4 is 9.80 Å². The zero-order valence-corrected chi connectivity index (χ0v) is 24.1. The van der Waals surface area contributed by atoms with Gasteiger partial charge in [-0.1, -0.05) is 54.6 Å². The third-order valence-electron chi connectivity index (χ3n) is 7.70. The molecule has 4 aromatic rings. The van der Waals surface area contributed by atoms with E-state index in [4.69, 9.17) is 5.11 Å². The highest BCUT2D eigenvalue weighted by Crippen LogP contribution is 2.47. The molecule has 0 bridgehead atoms. The highest BCUT2D eigenvalue weighted by atomic mass is 16.6. The molecule has 1 aromatic heterocycles. The van der Waals surface area contributed by atoms with Crippen LogP contribution in [0.15, 0.2) is 91.1 Å². The number of nitrogens with zero attached hydrogens (tertiary/aromatic N) is 6. The molecule has 3 aromatic carbocycles. The molecule has 0 unspecified atom stereocenters. The number of nitro benzene ring substituents is 1. The van der Waals surface area contributed by atoms with Gasteiger partial charge in [0.15, 0.2) is 5.60 Å². The number of allylic oxidation sites excluding steroid dienone is 1. The van der Waals surface area contributed by atoms with E-state index in [1.165, 1.54) is 28.0 Å². The topological polar surface area (TPSA) is 155 Å². The van der Waals surface area contributed by atoms with E-state index in [1.54, 1.807) is 42.1 Å².